The van der Waals surface area contributed by atoms with Crippen LogP contribution in [0.25, 0.3) is 0 Å². The average Bonchev–Trinajstić information content (AvgIpc) is 3.14. The summed E-state index contributed by atoms with van der Waals surface area (Å²) in [5.74, 6) is -1.01. The predicted octanol–water partition coefficient (Wildman–Crippen LogP) is 13.1. The van der Waals surface area contributed by atoms with E-state index >= 15 is 0 Å². The fourth-order valence-electron chi connectivity index (χ4n) is 5.36. The van der Waals surface area contributed by atoms with Crippen molar-refractivity contribution in [2.24, 2.45) is 0 Å². The summed E-state index contributed by atoms with van der Waals surface area (Å²) in [5, 5.41) is 0. The summed E-state index contributed by atoms with van der Waals surface area (Å²) in [6.45, 7) is 6.28. The second kappa shape index (κ2) is 40.6. The van der Waals surface area contributed by atoms with Crippen LogP contribution in [0.15, 0.2) is 72.9 Å². The Labute approximate surface area is 319 Å². The van der Waals surface area contributed by atoms with Crippen molar-refractivity contribution in [3.63, 3.8) is 0 Å². The molecular weight excluding hydrogens is 648 g/mol. The van der Waals surface area contributed by atoms with E-state index in [-0.39, 0.29) is 37.5 Å². The lowest BCUT2D eigenvalue weighted by molar-refractivity contribution is -0.167. The van der Waals surface area contributed by atoms with Gasteiger partial charge in [-0.05, 0) is 77.0 Å². The first-order valence-corrected chi connectivity index (χ1v) is 20.9. The Kier molecular flexibility index (Phi) is 38.2. The van der Waals surface area contributed by atoms with Gasteiger partial charge >= 0.3 is 17.9 Å². The maximum atomic E-state index is 12.6. The van der Waals surface area contributed by atoms with Gasteiger partial charge in [-0.3, -0.25) is 14.4 Å². The Balaban J connectivity index is 4.51. The van der Waals surface area contributed by atoms with Gasteiger partial charge in [-0.2, -0.15) is 0 Å². The number of carbonyl (C=O) groups excluding carboxylic acids is 3. The largest absolute Gasteiger partial charge is 0.462 e. The third-order valence-electron chi connectivity index (χ3n) is 8.46. The van der Waals surface area contributed by atoms with E-state index in [1.807, 2.05) is 0 Å². The first-order valence-electron chi connectivity index (χ1n) is 20.9. The fraction of sp³-hybridized carbons (Fsp3) is 0.674. The minimum absolute atomic E-state index is 0.107. The SMILES string of the molecule is CC/C=C\C/C=C\C/C=C\CCCCC(=O)OCC(COC(=O)CCCCCCCCCCCCC)OC(=O)CCC/C=C\C/C=C\C/C=C\CC. The zero-order valence-corrected chi connectivity index (χ0v) is 33.5. The quantitative estimate of drug-likeness (QED) is 0.0277. The molecule has 0 aliphatic carbocycles. The smallest absolute Gasteiger partial charge is 0.306 e. The van der Waals surface area contributed by atoms with E-state index in [0.717, 1.165) is 83.5 Å². The lowest BCUT2D eigenvalue weighted by Crippen LogP contribution is -2.30. The molecule has 0 aromatic heterocycles. The zero-order valence-electron chi connectivity index (χ0n) is 33.5. The van der Waals surface area contributed by atoms with Gasteiger partial charge in [-0.15, -0.1) is 0 Å². The molecule has 0 saturated heterocycles. The third-order valence-corrected chi connectivity index (χ3v) is 8.46. The van der Waals surface area contributed by atoms with Crippen LogP contribution in [0, 0.1) is 0 Å². The molecule has 0 heterocycles. The monoisotopic (exact) mass is 725 g/mol. The minimum Gasteiger partial charge on any atom is -0.462 e. The summed E-state index contributed by atoms with van der Waals surface area (Å²) in [7, 11) is 0. The Bertz CT molecular complexity index is 1020. The number of allylic oxidation sites excluding steroid dienone is 12. The molecule has 6 heteroatoms. The van der Waals surface area contributed by atoms with Crippen LogP contribution in [0.4, 0.5) is 0 Å². The molecule has 0 saturated carbocycles. The molecule has 0 aliphatic heterocycles. The third kappa shape index (κ3) is 38.1. The summed E-state index contributed by atoms with van der Waals surface area (Å²) in [5.41, 5.74) is 0. The van der Waals surface area contributed by atoms with Crippen LogP contribution < -0.4 is 0 Å². The lowest BCUT2D eigenvalue weighted by Gasteiger charge is -2.18. The molecule has 6 nitrogen and oxygen atoms in total. The van der Waals surface area contributed by atoms with Crippen LogP contribution in [0.5, 0.6) is 0 Å². The Morgan fingerprint density at radius 3 is 1.23 bits per heavy atom. The summed E-state index contributed by atoms with van der Waals surface area (Å²) < 4.78 is 16.6. The topological polar surface area (TPSA) is 78.9 Å². The van der Waals surface area contributed by atoms with Gasteiger partial charge in [0, 0.05) is 19.3 Å². The van der Waals surface area contributed by atoms with E-state index in [9.17, 15) is 14.4 Å². The van der Waals surface area contributed by atoms with E-state index in [1.165, 1.54) is 51.4 Å². The first-order chi connectivity index (χ1) is 25.5. The molecule has 0 spiro atoms. The number of esters is 3. The van der Waals surface area contributed by atoms with E-state index < -0.39 is 6.10 Å². The number of ether oxygens (including phenoxy) is 3. The molecular formula is C46H76O6. The standard InChI is InChI=1S/C46H76O6/c1-4-7-10-13-16-19-22-25-27-30-33-36-39-45(48)51-42-43(52-46(49)40-37-34-31-28-24-21-18-15-12-9-6-3)41-50-44(47)38-35-32-29-26-23-20-17-14-11-8-5-2/h7,9-10,12,16,18-19,21,25,27-28,31,43H,4-6,8,11,13-15,17,20,22-24,26,29-30,32-42H2,1-3H3/b10-7-,12-9-,19-16-,21-18-,27-25-,31-28-. The van der Waals surface area contributed by atoms with Gasteiger partial charge in [0.2, 0.25) is 0 Å². The maximum Gasteiger partial charge on any atom is 0.306 e. The van der Waals surface area contributed by atoms with Gasteiger partial charge in [-0.25, -0.2) is 0 Å². The molecule has 0 rings (SSSR count). The van der Waals surface area contributed by atoms with Crippen molar-refractivity contribution >= 4 is 17.9 Å². The lowest BCUT2D eigenvalue weighted by atomic mass is 10.1. The molecule has 0 aromatic carbocycles. The Hall–Kier alpha value is -3.15. The van der Waals surface area contributed by atoms with Crippen molar-refractivity contribution < 1.29 is 28.6 Å². The molecule has 296 valence electrons. The number of carbonyl (C=O) groups is 3. The molecule has 52 heavy (non-hydrogen) atoms. The second-order valence-corrected chi connectivity index (χ2v) is 13.5. The second-order valence-electron chi connectivity index (χ2n) is 13.5. The molecule has 0 radical (unpaired) electrons. The Morgan fingerprint density at radius 1 is 0.404 bits per heavy atom. The van der Waals surface area contributed by atoms with Crippen LogP contribution in [0.2, 0.25) is 0 Å². The number of rotatable bonds is 36. The van der Waals surface area contributed by atoms with E-state index in [1.54, 1.807) is 0 Å². The summed E-state index contributed by atoms with van der Waals surface area (Å²) >= 11 is 0. The summed E-state index contributed by atoms with van der Waals surface area (Å²) in [6, 6.07) is 0. The molecule has 0 amide bonds. The van der Waals surface area contributed by atoms with Crippen LogP contribution in [0.1, 0.15) is 181 Å². The van der Waals surface area contributed by atoms with Crippen molar-refractivity contribution in [2.45, 2.75) is 187 Å². The first kappa shape index (κ1) is 48.9. The fourth-order valence-corrected chi connectivity index (χ4v) is 5.36. The van der Waals surface area contributed by atoms with Crippen LogP contribution in [0.3, 0.4) is 0 Å². The highest BCUT2D eigenvalue weighted by atomic mass is 16.6. The molecule has 0 aromatic rings. The van der Waals surface area contributed by atoms with Gasteiger partial charge < -0.3 is 14.2 Å². The van der Waals surface area contributed by atoms with Crippen molar-refractivity contribution in [1.82, 2.24) is 0 Å². The van der Waals surface area contributed by atoms with E-state index in [2.05, 4.69) is 93.7 Å². The zero-order chi connectivity index (χ0) is 38.0. The summed E-state index contributed by atoms with van der Waals surface area (Å²) in [4.78, 5) is 37.5. The van der Waals surface area contributed by atoms with Gasteiger partial charge in [0.25, 0.3) is 0 Å². The van der Waals surface area contributed by atoms with E-state index in [0.29, 0.717) is 19.3 Å². The maximum absolute atomic E-state index is 12.6. The van der Waals surface area contributed by atoms with Crippen LogP contribution in [-0.4, -0.2) is 37.2 Å². The average molecular weight is 725 g/mol. The highest BCUT2D eigenvalue weighted by molar-refractivity contribution is 5.71. The van der Waals surface area contributed by atoms with Gasteiger partial charge in [0.1, 0.15) is 13.2 Å². The molecule has 0 fully saturated rings. The van der Waals surface area contributed by atoms with Crippen molar-refractivity contribution in [2.75, 3.05) is 13.2 Å². The Morgan fingerprint density at radius 2 is 0.769 bits per heavy atom. The highest BCUT2D eigenvalue weighted by Crippen LogP contribution is 2.13. The number of unbranched alkanes of at least 4 members (excludes halogenated alkanes) is 13. The summed E-state index contributed by atoms with van der Waals surface area (Å²) in [6.07, 6.45) is 49.0. The number of hydrogen-bond acceptors (Lipinski definition) is 6. The molecule has 1 unspecified atom stereocenters. The van der Waals surface area contributed by atoms with Gasteiger partial charge in [0.15, 0.2) is 6.10 Å². The number of hydrogen-bond donors (Lipinski definition) is 0. The highest BCUT2D eigenvalue weighted by Gasteiger charge is 2.19. The van der Waals surface area contributed by atoms with Crippen LogP contribution >= 0.6 is 0 Å². The van der Waals surface area contributed by atoms with Gasteiger partial charge in [0.05, 0.1) is 0 Å². The normalized spacial score (nSPS) is 12.8. The van der Waals surface area contributed by atoms with Crippen molar-refractivity contribution in [3.05, 3.63) is 72.9 Å². The minimum atomic E-state index is -0.811. The molecule has 0 N–H and O–H groups in total. The molecule has 1 atom stereocenters. The van der Waals surface area contributed by atoms with Gasteiger partial charge in [-0.1, -0.05) is 158 Å². The van der Waals surface area contributed by atoms with Crippen molar-refractivity contribution in [1.29, 1.82) is 0 Å². The molecule has 0 bridgehead atoms. The predicted molar refractivity (Wildman–Crippen MR) is 219 cm³/mol. The molecule has 0 aliphatic rings. The van der Waals surface area contributed by atoms with E-state index in [4.69, 9.17) is 14.2 Å². The van der Waals surface area contributed by atoms with Crippen molar-refractivity contribution in [3.8, 4) is 0 Å². The van der Waals surface area contributed by atoms with Crippen LogP contribution in [-0.2, 0) is 28.6 Å².